The molecule has 0 aliphatic rings. The van der Waals surface area contributed by atoms with Crippen LogP contribution in [0.1, 0.15) is 30.5 Å². The predicted molar refractivity (Wildman–Crippen MR) is 78.5 cm³/mol. The maximum absolute atomic E-state index is 5.84. The lowest BCUT2D eigenvalue weighted by atomic mass is 10.1. The van der Waals surface area contributed by atoms with Crippen LogP contribution in [0, 0.1) is 20.8 Å². The van der Waals surface area contributed by atoms with Crippen LogP contribution in [0.15, 0.2) is 42.5 Å². The van der Waals surface area contributed by atoms with Gasteiger partial charge in [-0.25, -0.2) is 0 Å². The fourth-order valence-electron chi connectivity index (χ4n) is 1.72. The monoisotopic (exact) mass is 242 g/mol. The second-order valence-electron chi connectivity index (χ2n) is 4.19. The van der Waals surface area contributed by atoms with E-state index in [0.717, 1.165) is 11.5 Å². The van der Waals surface area contributed by atoms with E-state index in [1.165, 1.54) is 16.7 Å². The summed E-state index contributed by atoms with van der Waals surface area (Å²) in [4.78, 5) is 0. The van der Waals surface area contributed by atoms with E-state index < -0.39 is 0 Å². The average Bonchev–Trinajstić information content (AvgIpc) is 2.35. The van der Waals surface area contributed by atoms with Crippen molar-refractivity contribution in [2.45, 2.75) is 34.6 Å². The molecule has 96 valence electrons. The molecule has 0 radical (unpaired) electrons. The van der Waals surface area contributed by atoms with E-state index in [2.05, 4.69) is 39.0 Å². The van der Waals surface area contributed by atoms with E-state index in [-0.39, 0.29) is 0 Å². The average molecular weight is 242 g/mol. The number of hydrogen-bond acceptors (Lipinski definition) is 1. The van der Waals surface area contributed by atoms with Gasteiger partial charge in [-0.2, -0.15) is 0 Å². The first-order valence-electron chi connectivity index (χ1n) is 6.47. The van der Waals surface area contributed by atoms with Gasteiger partial charge in [0.2, 0.25) is 0 Å². The summed E-state index contributed by atoms with van der Waals surface area (Å²) < 4.78 is 5.84. The first kappa shape index (κ1) is 14.3. The van der Waals surface area contributed by atoms with Crippen molar-refractivity contribution in [3.63, 3.8) is 0 Å². The molecule has 2 rings (SSSR count). The van der Waals surface area contributed by atoms with Crippen molar-refractivity contribution in [2.75, 3.05) is 0 Å². The Balaban J connectivity index is 0.000000771. The first-order valence-corrected chi connectivity index (χ1v) is 6.47. The van der Waals surface area contributed by atoms with Crippen LogP contribution in [0.4, 0.5) is 0 Å². The molecule has 0 aliphatic heterocycles. The molecule has 2 aromatic rings. The van der Waals surface area contributed by atoms with Gasteiger partial charge in [-0.1, -0.05) is 43.7 Å². The summed E-state index contributed by atoms with van der Waals surface area (Å²) in [6.07, 6.45) is 0. The van der Waals surface area contributed by atoms with E-state index in [0.29, 0.717) is 0 Å². The lowest BCUT2D eigenvalue weighted by molar-refractivity contribution is 0.478. The molecule has 0 unspecified atom stereocenters. The van der Waals surface area contributed by atoms with Crippen molar-refractivity contribution in [1.29, 1.82) is 0 Å². The maximum atomic E-state index is 5.84. The number of aryl methyl sites for hydroxylation is 3. The Morgan fingerprint density at radius 2 is 1.44 bits per heavy atom. The van der Waals surface area contributed by atoms with Gasteiger partial charge in [0.15, 0.2) is 0 Å². The van der Waals surface area contributed by atoms with Crippen molar-refractivity contribution < 1.29 is 4.74 Å². The van der Waals surface area contributed by atoms with Crippen molar-refractivity contribution in [3.05, 3.63) is 59.2 Å². The second kappa shape index (κ2) is 6.85. The molecule has 0 saturated heterocycles. The van der Waals surface area contributed by atoms with Crippen LogP contribution in [-0.2, 0) is 0 Å². The summed E-state index contributed by atoms with van der Waals surface area (Å²) in [6.45, 7) is 10.2. The molecule has 2 aromatic carbocycles. The molecule has 0 N–H and O–H groups in total. The van der Waals surface area contributed by atoms with E-state index in [4.69, 9.17) is 4.74 Å². The molecule has 0 amide bonds. The van der Waals surface area contributed by atoms with Crippen molar-refractivity contribution in [2.24, 2.45) is 0 Å². The molecule has 0 fully saturated rings. The maximum Gasteiger partial charge on any atom is 0.130 e. The third-order valence-corrected chi connectivity index (χ3v) is 2.55. The van der Waals surface area contributed by atoms with E-state index in [1.54, 1.807) is 0 Å². The summed E-state index contributed by atoms with van der Waals surface area (Å²) in [7, 11) is 0. The molecule has 0 atom stereocenters. The minimum absolute atomic E-state index is 0.895. The second-order valence-corrected chi connectivity index (χ2v) is 4.19. The summed E-state index contributed by atoms with van der Waals surface area (Å²) in [5.74, 6) is 1.82. The predicted octanol–water partition coefficient (Wildman–Crippen LogP) is 5.43. The summed E-state index contributed by atoms with van der Waals surface area (Å²) >= 11 is 0. The van der Waals surface area contributed by atoms with Crippen LogP contribution < -0.4 is 4.74 Å². The van der Waals surface area contributed by atoms with Gasteiger partial charge in [0.05, 0.1) is 0 Å². The molecule has 0 saturated carbocycles. The summed E-state index contributed by atoms with van der Waals surface area (Å²) in [5, 5.41) is 0. The minimum Gasteiger partial charge on any atom is -0.457 e. The molecule has 1 heteroatoms. The van der Waals surface area contributed by atoms with E-state index in [9.17, 15) is 0 Å². The molecule has 1 nitrogen and oxygen atoms in total. The fraction of sp³-hybridized carbons (Fsp3) is 0.294. The Labute approximate surface area is 110 Å². The lowest BCUT2D eigenvalue weighted by Gasteiger charge is -2.09. The van der Waals surface area contributed by atoms with Crippen LogP contribution >= 0.6 is 0 Å². The number of hydrogen-bond donors (Lipinski definition) is 0. The molecular formula is C17H22O. The third-order valence-electron chi connectivity index (χ3n) is 2.55. The molecule has 18 heavy (non-hydrogen) atoms. The van der Waals surface area contributed by atoms with E-state index in [1.807, 2.05) is 38.1 Å². The van der Waals surface area contributed by atoms with Gasteiger partial charge < -0.3 is 4.74 Å². The smallest absolute Gasteiger partial charge is 0.130 e. The van der Waals surface area contributed by atoms with Crippen molar-refractivity contribution >= 4 is 0 Å². The third kappa shape index (κ3) is 3.92. The van der Waals surface area contributed by atoms with Crippen molar-refractivity contribution in [3.8, 4) is 11.5 Å². The normalized spacial score (nSPS) is 9.39. The molecule has 0 aliphatic carbocycles. The Morgan fingerprint density at radius 1 is 0.778 bits per heavy atom. The fourth-order valence-corrected chi connectivity index (χ4v) is 1.72. The zero-order valence-electron chi connectivity index (χ0n) is 11.9. The highest BCUT2D eigenvalue weighted by Crippen LogP contribution is 2.25. The topological polar surface area (TPSA) is 9.23 Å². The van der Waals surface area contributed by atoms with Crippen LogP contribution in [0.25, 0.3) is 0 Å². The van der Waals surface area contributed by atoms with Gasteiger partial charge >= 0.3 is 0 Å². The first-order chi connectivity index (χ1) is 8.65. The molecular weight excluding hydrogens is 220 g/mol. The standard InChI is InChI=1S/C15H16O.C2H6/c1-11-5-4-6-14(10-11)16-15-8-7-12(2)9-13(15)3;1-2/h4-10H,1-3H3;1-2H3. The van der Waals surface area contributed by atoms with Gasteiger partial charge in [-0.05, 0) is 50.1 Å². The highest BCUT2D eigenvalue weighted by Gasteiger charge is 2.01. The zero-order chi connectivity index (χ0) is 13.5. The highest BCUT2D eigenvalue weighted by atomic mass is 16.5. The van der Waals surface area contributed by atoms with Gasteiger partial charge in [0, 0.05) is 0 Å². The van der Waals surface area contributed by atoms with E-state index >= 15 is 0 Å². The zero-order valence-corrected chi connectivity index (χ0v) is 11.9. The SMILES string of the molecule is CC.Cc1cccc(Oc2ccc(C)cc2C)c1. The summed E-state index contributed by atoms with van der Waals surface area (Å²) in [5.41, 5.74) is 3.64. The van der Waals surface area contributed by atoms with Crippen LogP contribution in [0.2, 0.25) is 0 Å². The van der Waals surface area contributed by atoms with Gasteiger partial charge in [0.1, 0.15) is 11.5 Å². The number of benzene rings is 2. The number of ether oxygens (including phenoxy) is 1. The molecule has 0 aromatic heterocycles. The Bertz CT molecular complexity index is 501. The summed E-state index contributed by atoms with van der Waals surface area (Å²) in [6, 6.07) is 14.3. The van der Waals surface area contributed by atoms with Crippen molar-refractivity contribution in [1.82, 2.24) is 0 Å². The lowest BCUT2D eigenvalue weighted by Crippen LogP contribution is -1.88. The molecule has 0 spiro atoms. The molecule has 0 heterocycles. The largest absolute Gasteiger partial charge is 0.457 e. The number of rotatable bonds is 2. The Hall–Kier alpha value is -1.76. The van der Waals surface area contributed by atoms with Crippen LogP contribution in [-0.4, -0.2) is 0 Å². The Kier molecular flexibility index (Phi) is 5.44. The van der Waals surface area contributed by atoms with Gasteiger partial charge in [-0.15, -0.1) is 0 Å². The molecule has 0 bridgehead atoms. The van der Waals surface area contributed by atoms with Crippen LogP contribution in [0.3, 0.4) is 0 Å². The quantitative estimate of drug-likeness (QED) is 0.682. The Morgan fingerprint density at radius 3 is 2.06 bits per heavy atom. The highest BCUT2D eigenvalue weighted by molar-refractivity contribution is 5.40. The minimum atomic E-state index is 0.895. The van der Waals surface area contributed by atoms with Gasteiger partial charge in [0.25, 0.3) is 0 Å². The van der Waals surface area contributed by atoms with Gasteiger partial charge in [-0.3, -0.25) is 0 Å². The van der Waals surface area contributed by atoms with Crippen LogP contribution in [0.5, 0.6) is 11.5 Å².